The van der Waals surface area contributed by atoms with Gasteiger partial charge in [0, 0.05) is 5.56 Å². The fourth-order valence-electron chi connectivity index (χ4n) is 1.96. The molecule has 1 rings (SSSR count). The quantitative estimate of drug-likeness (QED) is 0.719. The van der Waals surface area contributed by atoms with Gasteiger partial charge < -0.3 is 15.4 Å². The number of hydrogen-bond acceptors (Lipinski definition) is 5. The number of rotatable bonds is 7. The molecule has 26 heavy (non-hydrogen) atoms. The summed E-state index contributed by atoms with van der Waals surface area (Å²) in [7, 11) is 0. The van der Waals surface area contributed by atoms with Gasteiger partial charge in [0.1, 0.15) is 12.1 Å². The molecule has 1 aromatic carbocycles. The predicted molar refractivity (Wildman–Crippen MR) is 96.2 cm³/mol. The van der Waals surface area contributed by atoms with Gasteiger partial charge in [-0.05, 0) is 49.9 Å². The number of ether oxygens (including phenoxy) is 1. The zero-order chi connectivity index (χ0) is 19.9. The van der Waals surface area contributed by atoms with E-state index in [0.717, 1.165) is 11.1 Å². The molecule has 0 fully saturated rings. The number of hydrogen-bond donors (Lipinski definition) is 2. The highest BCUT2D eigenvalue weighted by Crippen LogP contribution is 2.14. The van der Waals surface area contributed by atoms with Crippen LogP contribution in [-0.4, -0.2) is 36.5 Å². The summed E-state index contributed by atoms with van der Waals surface area (Å²) in [5.41, 5.74) is 1.45. The van der Waals surface area contributed by atoms with Crippen molar-refractivity contribution in [3.05, 3.63) is 34.9 Å². The average Bonchev–Trinajstić information content (AvgIpc) is 2.59. The van der Waals surface area contributed by atoms with Gasteiger partial charge in [0.05, 0.1) is 6.07 Å². The summed E-state index contributed by atoms with van der Waals surface area (Å²) in [6.45, 7) is 8.18. The van der Waals surface area contributed by atoms with E-state index in [2.05, 4.69) is 10.6 Å². The van der Waals surface area contributed by atoms with Gasteiger partial charge >= 0.3 is 5.97 Å². The molecule has 0 radical (unpaired) electrons. The van der Waals surface area contributed by atoms with Crippen LogP contribution in [0, 0.1) is 31.1 Å². The molecule has 0 saturated heterocycles. The number of nitriles is 1. The SMILES string of the molecule is Cc1ccc(C(=O)NCC(=O)OCC(=O)N[C@](C)(C#N)C(C)C)cc1C. The van der Waals surface area contributed by atoms with Crippen LogP contribution in [-0.2, 0) is 14.3 Å². The van der Waals surface area contributed by atoms with Crippen LogP contribution >= 0.6 is 0 Å². The first-order valence-electron chi connectivity index (χ1n) is 8.32. The maximum absolute atomic E-state index is 12.0. The van der Waals surface area contributed by atoms with E-state index in [9.17, 15) is 14.4 Å². The van der Waals surface area contributed by atoms with Crippen LogP contribution in [0.3, 0.4) is 0 Å². The topological polar surface area (TPSA) is 108 Å². The summed E-state index contributed by atoms with van der Waals surface area (Å²) in [5, 5.41) is 14.1. The fourth-order valence-corrected chi connectivity index (χ4v) is 1.96. The molecule has 2 N–H and O–H groups in total. The minimum absolute atomic E-state index is 0.107. The molecule has 0 aliphatic heterocycles. The van der Waals surface area contributed by atoms with Crippen molar-refractivity contribution in [2.45, 2.75) is 40.2 Å². The fraction of sp³-hybridized carbons (Fsp3) is 0.474. The molecule has 1 atom stereocenters. The van der Waals surface area contributed by atoms with Gasteiger partial charge in [-0.3, -0.25) is 14.4 Å². The first-order valence-corrected chi connectivity index (χ1v) is 8.32. The summed E-state index contributed by atoms with van der Waals surface area (Å²) in [4.78, 5) is 35.5. The van der Waals surface area contributed by atoms with E-state index in [1.165, 1.54) is 0 Å². The summed E-state index contributed by atoms with van der Waals surface area (Å²) in [6.07, 6.45) is 0. The molecule has 140 valence electrons. The summed E-state index contributed by atoms with van der Waals surface area (Å²) >= 11 is 0. The third-order valence-electron chi connectivity index (χ3n) is 4.31. The van der Waals surface area contributed by atoms with E-state index in [4.69, 9.17) is 10.00 Å². The van der Waals surface area contributed by atoms with Crippen molar-refractivity contribution in [1.29, 1.82) is 5.26 Å². The van der Waals surface area contributed by atoms with Crippen LogP contribution in [0.15, 0.2) is 18.2 Å². The lowest BCUT2D eigenvalue weighted by Gasteiger charge is -2.27. The monoisotopic (exact) mass is 359 g/mol. The molecule has 7 heteroatoms. The molecule has 0 bridgehead atoms. The molecular formula is C19H25N3O4. The van der Waals surface area contributed by atoms with E-state index in [1.54, 1.807) is 32.9 Å². The van der Waals surface area contributed by atoms with E-state index in [1.807, 2.05) is 26.0 Å². The van der Waals surface area contributed by atoms with Gasteiger partial charge in [0.25, 0.3) is 11.8 Å². The molecule has 2 amide bonds. The number of nitrogens with one attached hydrogen (secondary N) is 2. The van der Waals surface area contributed by atoms with E-state index >= 15 is 0 Å². The molecule has 7 nitrogen and oxygen atoms in total. The molecule has 0 aliphatic carbocycles. The minimum Gasteiger partial charge on any atom is -0.454 e. The molecule has 1 aromatic rings. The Morgan fingerprint density at radius 1 is 1.23 bits per heavy atom. The molecule has 0 spiro atoms. The van der Waals surface area contributed by atoms with Crippen LogP contribution in [0.4, 0.5) is 0 Å². The second kappa shape index (κ2) is 8.99. The number of carbonyl (C=O) groups excluding carboxylic acids is 3. The van der Waals surface area contributed by atoms with Crippen molar-refractivity contribution in [2.75, 3.05) is 13.2 Å². The van der Waals surface area contributed by atoms with Crippen molar-refractivity contribution in [1.82, 2.24) is 10.6 Å². The third-order valence-corrected chi connectivity index (χ3v) is 4.31. The third kappa shape index (κ3) is 5.88. The lowest BCUT2D eigenvalue weighted by Crippen LogP contribution is -2.50. The van der Waals surface area contributed by atoms with Crippen molar-refractivity contribution in [2.24, 2.45) is 5.92 Å². The van der Waals surface area contributed by atoms with E-state index < -0.39 is 29.9 Å². The standard InChI is InChI=1S/C19H25N3O4/c1-12(2)19(5,11-20)22-16(23)10-26-17(24)9-21-18(25)15-7-6-13(3)14(4)8-15/h6-8,12H,9-10H2,1-5H3,(H,21,25)(H,22,23)/t19-/m1/s1. The van der Waals surface area contributed by atoms with E-state index in [-0.39, 0.29) is 12.5 Å². The molecule has 0 aliphatic rings. The van der Waals surface area contributed by atoms with Crippen molar-refractivity contribution in [3.8, 4) is 6.07 Å². The van der Waals surface area contributed by atoms with Crippen LogP contribution in [0.25, 0.3) is 0 Å². The van der Waals surface area contributed by atoms with E-state index in [0.29, 0.717) is 5.56 Å². The lowest BCUT2D eigenvalue weighted by atomic mass is 9.90. The Hall–Kier alpha value is -2.88. The highest BCUT2D eigenvalue weighted by Gasteiger charge is 2.30. The van der Waals surface area contributed by atoms with Gasteiger partial charge in [0.2, 0.25) is 0 Å². The summed E-state index contributed by atoms with van der Waals surface area (Å²) in [6, 6.07) is 7.27. The van der Waals surface area contributed by atoms with Gasteiger partial charge in [0.15, 0.2) is 6.61 Å². The normalized spacial score (nSPS) is 12.7. The minimum atomic E-state index is -1.04. The number of esters is 1. The molecule has 0 saturated carbocycles. The number of nitrogens with zero attached hydrogens (tertiary/aromatic N) is 1. The Labute approximate surface area is 153 Å². The van der Waals surface area contributed by atoms with Gasteiger partial charge in [-0.1, -0.05) is 19.9 Å². The molecule has 0 heterocycles. The smallest absolute Gasteiger partial charge is 0.325 e. The Bertz CT molecular complexity index is 737. The molecule has 0 aromatic heterocycles. The van der Waals surface area contributed by atoms with Crippen molar-refractivity contribution < 1.29 is 19.1 Å². The highest BCUT2D eigenvalue weighted by atomic mass is 16.5. The molecule has 0 unspecified atom stereocenters. The number of amides is 2. The summed E-state index contributed by atoms with van der Waals surface area (Å²) in [5.74, 6) is -1.81. The van der Waals surface area contributed by atoms with Gasteiger partial charge in [-0.15, -0.1) is 0 Å². The summed E-state index contributed by atoms with van der Waals surface area (Å²) < 4.78 is 4.83. The number of carbonyl (C=O) groups is 3. The predicted octanol–water partition coefficient (Wildman–Crippen LogP) is 1.63. The first-order chi connectivity index (χ1) is 12.1. The van der Waals surface area contributed by atoms with Crippen molar-refractivity contribution in [3.63, 3.8) is 0 Å². The van der Waals surface area contributed by atoms with Gasteiger partial charge in [-0.25, -0.2) is 0 Å². The number of benzene rings is 1. The lowest BCUT2D eigenvalue weighted by molar-refractivity contribution is -0.147. The first kappa shape index (κ1) is 21.2. The van der Waals surface area contributed by atoms with Crippen LogP contribution in [0.2, 0.25) is 0 Å². The second-order valence-electron chi connectivity index (χ2n) is 6.66. The largest absolute Gasteiger partial charge is 0.454 e. The Morgan fingerprint density at radius 2 is 1.88 bits per heavy atom. The average molecular weight is 359 g/mol. The van der Waals surface area contributed by atoms with Crippen LogP contribution in [0.1, 0.15) is 42.3 Å². The Kier molecular flexibility index (Phi) is 7.32. The zero-order valence-corrected chi connectivity index (χ0v) is 15.8. The Balaban J connectivity index is 2.45. The highest BCUT2D eigenvalue weighted by molar-refractivity contribution is 5.96. The second-order valence-corrected chi connectivity index (χ2v) is 6.66. The Morgan fingerprint density at radius 3 is 2.42 bits per heavy atom. The maximum Gasteiger partial charge on any atom is 0.325 e. The number of aryl methyl sites for hydroxylation is 2. The van der Waals surface area contributed by atoms with Crippen molar-refractivity contribution >= 4 is 17.8 Å². The van der Waals surface area contributed by atoms with Crippen LogP contribution in [0.5, 0.6) is 0 Å². The zero-order valence-electron chi connectivity index (χ0n) is 15.8. The van der Waals surface area contributed by atoms with Gasteiger partial charge in [-0.2, -0.15) is 5.26 Å². The maximum atomic E-state index is 12.0. The molecular weight excluding hydrogens is 334 g/mol. The van der Waals surface area contributed by atoms with Crippen LogP contribution < -0.4 is 10.6 Å².